The number of hydrogen-bond acceptors (Lipinski definition) is 7. The highest BCUT2D eigenvalue weighted by Gasteiger charge is 2.43. The van der Waals surface area contributed by atoms with Crippen LogP contribution in [0.3, 0.4) is 0 Å². The number of carbonyl (C=O) groups is 1. The number of ether oxygens (including phenoxy) is 2. The number of sulfonamides is 1. The van der Waals surface area contributed by atoms with Crippen LogP contribution in [-0.4, -0.2) is 73.9 Å². The molecule has 9 nitrogen and oxygen atoms in total. The second-order valence-corrected chi connectivity index (χ2v) is 12.2. The topological polar surface area (TPSA) is 102 Å². The highest BCUT2D eigenvalue weighted by atomic mass is 32.2. The standard InChI is InChI=1S/C27H35N3O6S/c1-19-6-7-20(2)22(17-19)8-9-24-25(21(3)28-36-24)37(32,33)30-12-4-5-23(18-30)26(31)29-13-10-27(11-14-29)34-15-16-35-27/h6-9,17,23H,4-5,10-16,18H2,1-3H3/b9-8+. The number of benzene rings is 1. The van der Waals surface area contributed by atoms with Crippen molar-refractivity contribution >= 4 is 28.1 Å². The average Bonchev–Trinajstić information content (AvgIpc) is 3.51. The fourth-order valence-electron chi connectivity index (χ4n) is 5.51. The third-order valence-electron chi connectivity index (χ3n) is 7.66. The van der Waals surface area contributed by atoms with Crippen LogP contribution < -0.4 is 0 Å². The number of likely N-dealkylation sites (tertiary alicyclic amines) is 1. The molecule has 0 N–H and O–H groups in total. The smallest absolute Gasteiger partial charge is 0.248 e. The largest absolute Gasteiger partial charge is 0.355 e. The van der Waals surface area contributed by atoms with Crippen LogP contribution in [0.4, 0.5) is 0 Å². The maximum atomic E-state index is 13.8. The van der Waals surface area contributed by atoms with Gasteiger partial charge in [-0.25, -0.2) is 8.42 Å². The van der Waals surface area contributed by atoms with E-state index in [9.17, 15) is 13.2 Å². The summed E-state index contributed by atoms with van der Waals surface area (Å²) in [5, 5.41) is 3.96. The van der Waals surface area contributed by atoms with Crippen molar-refractivity contribution in [2.24, 2.45) is 5.92 Å². The van der Waals surface area contributed by atoms with Gasteiger partial charge in [0.2, 0.25) is 15.9 Å². The lowest BCUT2D eigenvalue weighted by atomic mass is 9.96. The number of aryl methyl sites for hydroxylation is 3. The first-order chi connectivity index (χ1) is 17.7. The molecule has 3 saturated heterocycles. The van der Waals surface area contributed by atoms with Gasteiger partial charge in [0.15, 0.2) is 16.4 Å². The van der Waals surface area contributed by atoms with Gasteiger partial charge < -0.3 is 18.9 Å². The van der Waals surface area contributed by atoms with Crippen molar-refractivity contribution in [3.8, 4) is 0 Å². The van der Waals surface area contributed by atoms with E-state index in [1.165, 1.54) is 4.31 Å². The third kappa shape index (κ3) is 5.25. The predicted molar refractivity (Wildman–Crippen MR) is 138 cm³/mol. The monoisotopic (exact) mass is 529 g/mol. The summed E-state index contributed by atoms with van der Waals surface area (Å²) in [6.07, 6.45) is 6.09. The summed E-state index contributed by atoms with van der Waals surface area (Å²) in [4.78, 5) is 15.2. The number of aromatic nitrogens is 1. The molecule has 2 aromatic rings. The van der Waals surface area contributed by atoms with Crippen molar-refractivity contribution in [2.75, 3.05) is 39.4 Å². The van der Waals surface area contributed by atoms with Crippen LogP contribution in [0.5, 0.6) is 0 Å². The molecule has 3 aliphatic rings. The molecule has 10 heteroatoms. The van der Waals surface area contributed by atoms with Crippen LogP contribution in [-0.2, 0) is 24.3 Å². The lowest BCUT2D eigenvalue weighted by Crippen LogP contribution is -2.51. The second-order valence-electron chi connectivity index (χ2n) is 10.3. The molecule has 1 unspecified atom stereocenters. The Labute approximate surface area is 218 Å². The molecule has 200 valence electrons. The lowest BCUT2D eigenvalue weighted by molar-refractivity contribution is -0.188. The first-order valence-electron chi connectivity index (χ1n) is 13.0. The molecule has 3 fully saturated rings. The molecule has 0 radical (unpaired) electrons. The van der Waals surface area contributed by atoms with Crippen LogP contribution in [0.2, 0.25) is 0 Å². The first kappa shape index (κ1) is 26.1. The molecular formula is C27H35N3O6S. The zero-order chi connectivity index (χ0) is 26.2. The Balaban J connectivity index is 1.31. The van der Waals surface area contributed by atoms with Gasteiger partial charge in [-0.05, 0) is 50.8 Å². The summed E-state index contributed by atoms with van der Waals surface area (Å²) < 4.78 is 45.9. The van der Waals surface area contributed by atoms with Crippen LogP contribution in [0, 0.1) is 26.7 Å². The SMILES string of the molecule is Cc1ccc(C)c(/C=C/c2onc(C)c2S(=O)(=O)N2CCCC(C(=O)N3CCC4(CC3)OCCO4)C2)c1. The molecule has 1 aromatic heterocycles. The van der Waals surface area contributed by atoms with Crippen LogP contribution >= 0.6 is 0 Å². The Hall–Kier alpha value is -2.53. The number of rotatable bonds is 5. The molecule has 1 amide bonds. The summed E-state index contributed by atoms with van der Waals surface area (Å²) in [6, 6.07) is 6.10. The zero-order valence-corrected chi connectivity index (χ0v) is 22.6. The maximum Gasteiger partial charge on any atom is 0.248 e. The van der Waals surface area contributed by atoms with Crippen molar-refractivity contribution in [1.29, 1.82) is 0 Å². The Morgan fingerprint density at radius 3 is 2.54 bits per heavy atom. The lowest BCUT2D eigenvalue weighted by Gasteiger charge is -2.40. The quantitative estimate of drug-likeness (QED) is 0.584. The van der Waals surface area contributed by atoms with Gasteiger partial charge in [-0.3, -0.25) is 4.79 Å². The highest BCUT2D eigenvalue weighted by Crippen LogP contribution is 2.34. The molecule has 0 aliphatic carbocycles. The number of nitrogens with zero attached hydrogens (tertiary/aromatic N) is 3. The van der Waals surface area contributed by atoms with Gasteiger partial charge in [0.25, 0.3) is 0 Å². The van der Waals surface area contributed by atoms with E-state index in [2.05, 4.69) is 5.16 Å². The molecule has 37 heavy (non-hydrogen) atoms. The number of amides is 1. The van der Waals surface area contributed by atoms with Gasteiger partial charge in [0, 0.05) is 39.0 Å². The normalized spacial score (nSPS) is 22.8. The van der Waals surface area contributed by atoms with E-state index in [4.69, 9.17) is 14.0 Å². The number of carbonyl (C=O) groups excluding carboxylic acids is 1. The summed E-state index contributed by atoms with van der Waals surface area (Å²) in [7, 11) is -3.90. The molecule has 3 aliphatic heterocycles. The van der Waals surface area contributed by atoms with Crippen molar-refractivity contribution in [1.82, 2.24) is 14.4 Å². The Morgan fingerprint density at radius 1 is 1.08 bits per heavy atom. The van der Waals surface area contributed by atoms with Gasteiger partial charge in [-0.2, -0.15) is 4.31 Å². The minimum absolute atomic E-state index is 0.00447. The van der Waals surface area contributed by atoms with Crippen LogP contribution in [0.15, 0.2) is 27.6 Å². The molecular weight excluding hydrogens is 494 g/mol. The minimum Gasteiger partial charge on any atom is -0.355 e. The van der Waals surface area contributed by atoms with Crippen molar-refractivity contribution in [3.63, 3.8) is 0 Å². The van der Waals surface area contributed by atoms with Crippen molar-refractivity contribution in [3.05, 3.63) is 46.3 Å². The molecule has 0 saturated carbocycles. The number of piperidine rings is 2. The maximum absolute atomic E-state index is 13.8. The Morgan fingerprint density at radius 2 is 1.81 bits per heavy atom. The van der Waals surface area contributed by atoms with Crippen molar-refractivity contribution in [2.45, 2.75) is 57.1 Å². The van der Waals surface area contributed by atoms with Gasteiger partial charge in [-0.1, -0.05) is 35.0 Å². The molecule has 4 heterocycles. The van der Waals surface area contributed by atoms with Gasteiger partial charge >= 0.3 is 0 Å². The highest BCUT2D eigenvalue weighted by molar-refractivity contribution is 7.89. The van der Waals surface area contributed by atoms with E-state index in [0.717, 1.165) is 16.7 Å². The molecule has 1 spiro atoms. The average molecular weight is 530 g/mol. The van der Waals surface area contributed by atoms with Gasteiger partial charge in [0.05, 0.1) is 19.1 Å². The third-order valence-corrected chi connectivity index (χ3v) is 9.69. The summed E-state index contributed by atoms with van der Waals surface area (Å²) in [5.41, 5.74) is 3.49. The fraction of sp³-hybridized carbons (Fsp3) is 0.556. The van der Waals surface area contributed by atoms with Crippen LogP contribution in [0.25, 0.3) is 12.2 Å². The second kappa shape index (κ2) is 10.3. The van der Waals surface area contributed by atoms with E-state index >= 15 is 0 Å². The predicted octanol–water partition coefficient (Wildman–Crippen LogP) is 3.54. The Kier molecular flexibility index (Phi) is 7.28. The number of hydrogen-bond donors (Lipinski definition) is 0. The summed E-state index contributed by atoms with van der Waals surface area (Å²) in [6.45, 7) is 8.46. The first-order valence-corrected chi connectivity index (χ1v) is 14.4. The van der Waals surface area contributed by atoms with Gasteiger partial charge in [-0.15, -0.1) is 0 Å². The molecule has 1 atom stereocenters. The van der Waals surface area contributed by atoms with Crippen LogP contribution in [0.1, 0.15) is 53.8 Å². The zero-order valence-electron chi connectivity index (χ0n) is 21.7. The molecule has 5 rings (SSSR count). The summed E-state index contributed by atoms with van der Waals surface area (Å²) >= 11 is 0. The van der Waals surface area contributed by atoms with Crippen molar-refractivity contribution < 1.29 is 27.2 Å². The summed E-state index contributed by atoms with van der Waals surface area (Å²) in [5.74, 6) is -0.725. The van der Waals surface area contributed by atoms with E-state index in [0.29, 0.717) is 64.2 Å². The van der Waals surface area contributed by atoms with E-state index < -0.39 is 15.8 Å². The van der Waals surface area contributed by atoms with Gasteiger partial charge in [0.1, 0.15) is 5.69 Å². The Bertz CT molecular complexity index is 1290. The fourth-order valence-corrected chi connectivity index (χ4v) is 7.28. The molecule has 0 bridgehead atoms. The van der Waals surface area contributed by atoms with E-state index in [1.54, 1.807) is 13.0 Å². The minimum atomic E-state index is -3.90. The molecule has 1 aromatic carbocycles. The van der Waals surface area contributed by atoms with E-state index in [1.807, 2.05) is 43.0 Å². The van der Waals surface area contributed by atoms with E-state index in [-0.39, 0.29) is 29.0 Å².